The molecule has 34 heavy (non-hydrogen) atoms. The third kappa shape index (κ3) is 4.69. The highest BCUT2D eigenvalue weighted by atomic mass is 16.6. The average molecular weight is 459 g/mol. The maximum atomic E-state index is 13.1. The van der Waals surface area contributed by atoms with Crippen molar-refractivity contribution < 1.29 is 24.2 Å². The number of amides is 1. The zero-order chi connectivity index (χ0) is 24.6. The molecule has 0 saturated carbocycles. The Morgan fingerprint density at radius 1 is 1.03 bits per heavy atom. The molecule has 0 fully saturated rings. The van der Waals surface area contributed by atoms with Crippen molar-refractivity contribution in [2.75, 3.05) is 0 Å². The van der Waals surface area contributed by atoms with E-state index in [1.165, 1.54) is 48.8 Å². The van der Waals surface area contributed by atoms with E-state index in [4.69, 9.17) is 16.4 Å². The van der Waals surface area contributed by atoms with Crippen LogP contribution in [0.2, 0.25) is 0 Å². The first kappa shape index (κ1) is 23.9. The number of carbonyl (C=O) groups is 2. The third-order valence-electron chi connectivity index (χ3n) is 4.89. The molecule has 0 aliphatic rings. The fourth-order valence-corrected chi connectivity index (χ4v) is 3.38. The molecule has 0 saturated heterocycles. The summed E-state index contributed by atoms with van der Waals surface area (Å²) in [6.07, 6.45) is -0.0335. The molecule has 3 rings (SSSR count). The van der Waals surface area contributed by atoms with Gasteiger partial charge in [0.05, 0.1) is 11.3 Å². The van der Waals surface area contributed by atoms with Crippen LogP contribution >= 0.6 is 0 Å². The van der Waals surface area contributed by atoms with Gasteiger partial charge in [-0.25, -0.2) is 36.1 Å². The first-order chi connectivity index (χ1) is 16.4. The van der Waals surface area contributed by atoms with E-state index in [1.807, 2.05) is 0 Å². The second-order valence-corrected chi connectivity index (χ2v) is 6.88. The van der Waals surface area contributed by atoms with Gasteiger partial charge in [0.1, 0.15) is 18.0 Å². The SMILES string of the molecule is NNC=Nc1cccc([C@@](C(=O)O)(C(=C=O)c2ccccc2)N(N)C(=O)Oc2ccccc2)c1. The van der Waals surface area contributed by atoms with Crippen molar-refractivity contribution in [2.24, 2.45) is 16.7 Å². The fourth-order valence-electron chi connectivity index (χ4n) is 3.38. The molecule has 0 aliphatic heterocycles. The van der Waals surface area contributed by atoms with Gasteiger partial charge in [-0.3, -0.25) is 0 Å². The summed E-state index contributed by atoms with van der Waals surface area (Å²) in [5.74, 6) is 11.6. The molecule has 0 spiro atoms. The number of aliphatic carboxylic acids is 1. The highest BCUT2D eigenvalue weighted by molar-refractivity contribution is 6.08. The van der Waals surface area contributed by atoms with Crippen molar-refractivity contribution in [3.63, 3.8) is 0 Å². The molecule has 172 valence electrons. The predicted octanol–water partition coefficient (Wildman–Crippen LogP) is 2.38. The number of carboxylic acids is 1. The highest BCUT2D eigenvalue weighted by Gasteiger charge is 2.53. The van der Waals surface area contributed by atoms with Crippen molar-refractivity contribution >= 4 is 35.6 Å². The Morgan fingerprint density at radius 3 is 2.26 bits per heavy atom. The Kier molecular flexibility index (Phi) is 7.52. The van der Waals surface area contributed by atoms with Crippen LogP contribution in [0.3, 0.4) is 0 Å². The van der Waals surface area contributed by atoms with E-state index in [0.717, 1.165) is 0 Å². The zero-order valence-electron chi connectivity index (χ0n) is 17.8. The van der Waals surface area contributed by atoms with Crippen LogP contribution in [0.1, 0.15) is 11.1 Å². The van der Waals surface area contributed by atoms with Crippen LogP contribution in [0.15, 0.2) is 89.9 Å². The van der Waals surface area contributed by atoms with E-state index < -0.39 is 23.2 Å². The van der Waals surface area contributed by atoms with Crippen LogP contribution in [0.5, 0.6) is 5.75 Å². The van der Waals surface area contributed by atoms with Crippen LogP contribution < -0.4 is 21.8 Å². The van der Waals surface area contributed by atoms with Gasteiger partial charge in [-0.2, -0.15) is 0 Å². The Labute approximate surface area is 194 Å². The lowest BCUT2D eigenvalue weighted by Gasteiger charge is -2.37. The standard InChI is InChI=1S/C24H21N5O5/c25-28-16-27-19-11-7-10-18(14-19)24(22(31)32,21(15-30)17-8-3-1-4-9-17)29(26)23(33)34-20-12-5-2-6-13-20/h1-14,16H,25-26H2,(H,27,28)(H,31,32)/t24-/m0/s1. The molecule has 0 radical (unpaired) electrons. The third-order valence-corrected chi connectivity index (χ3v) is 4.89. The number of hydrogen-bond acceptors (Lipinski definition) is 7. The van der Waals surface area contributed by atoms with Crippen molar-refractivity contribution in [3.05, 3.63) is 96.1 Å². The number of nitrogens with zero attached hydrogens (tertiary/aromatic N) is 2. The van der Waals surface area contributed by atoms with Gasteiger partial charge < -0.3 is 15.3 Å². The Hall–Kier alpha value is -4.76. The molecule has 0 unspecified atom stereocenters. The first-order valence-electron chi connectivity index (χ1n) is 9.90. The second kappa shape index (κ2) is 10.7. The summed E-state index contributed by atoms with van der Waals surface area (Å²) in [5.41, 5.74) is -0.252. The smallest absolute Gasteiger partial charge is 0.431 e. The van der Waals surface area contributed by atoms with Gasteiger partial charge in [0.2, 0.25) is 5.54 Å². The molecule has 0 heterocycles. The van der Waals surface area contributed by atoms with E-state index >= 15 is 0 Å². The minimum absolute atomic E-state index is 0.0404. The van der Waals surface area contributed by atoms with Crippen molar-refractivity contribution in [1.82, 2.24) is 10.4 Å². The van der Waals surface area contributed by atoms with Crippen molar-refractivity contribution in [1.29, 1.82) is 0 Å². The van der Waals surface area contributed by atoms with Crippen molar-refractivity contribution in [2.45, 2.75) is 5.54 Å². The summed E-state index contributed by atoms with van der Waals surface area (Å²) in [6.45, 7) is 0. The number of rotatable bonds is 8. The summed E-state index contributed by atoms with van der Waals surface area (Å²) in [5, 5.41) is 10.9. The number of hydrogen-bond donors (Lipinski definition) is 4. The fraction of sp³-hybridized carbons (Fsp3) is 0.0417. The van der Waals surface area contributed by atoms with E-state index in [1.54, 1.807) is 48.4 Å². The number of aliphatic imine (C=N–C) groups is 1. The van der Waals surface area contributed by atoms with E-state index in [9.17, 15) is 19.5 Å². The number of nitrogens with one attached hydrogen (secondary N) is 1. The summed E-state index contributed by atoms with van der Waals surface area (Å²) < 4.78 is 5.28. The summed E-state index contributed by atoms with van der Waals surface area (Å²) >= 11 is 0. The van der Waals surface area contributed by atoms with Gasteiger partial charge in [0.15, 0.2) is 0 Å². The summed E-state index contributed by atoms with van der Waals surface area (Å²) in [4.78, 5) is 42.3. The molecule has 10 nitrogen and oxygen atoms in total. The number of carbonyl (C=O) groups excluding carboxylic acids is 2. The maximum absolute atomic E-state index is 13.1. The van der Waals surface area contributed by atoms with Gasteiger partial charge in [-0.05, 0) is 35.4 Å². The lowest BCUT2D eigenvalue weighted by Crippen LogP contribution is -2.59. The number of hydrazine groups is 2. The average Bonchev–Trinajstić information content (AvgIpc) is 2.86. The van der Waals surface area contributed by atoms with Crippen LogP contribution in [0.25, 0.3) is 5.57 Å². The molecule has 0 aliphatic carbocycles. The minimum atomic E-state index is -2.52. The van der Waals surface area contributed by atoms with E-state index in [-0.39, 0.29) is 22.6 Å². The number of benzene rings is 3. The Bertz CT molecular complexity index is 1240. The van der Waals surface area contributed by atoms with Gasteiger partial charge in [-0.1, -0.05) is 60.7 Å². The number of carboxylic acid groups (broad SMARTS) is 1. The van der Waals surface area contributed by atoms with Gasteiger partial charge in [0, 0.05) is 0 Å². The van der Waals surface area contributed by atoms with Crippen LogP contribution in [-0.2, 0) is 15.1 Å². The largest absolute Gasteiger partial charge is 0.479 e. The Balaban J connectivity index is 2.25. The van der Waals surface area contributed by atoms with Gasteiger partial charge in [0.25, 0.3) is 0 Å². The normalized spacial score (nSPS) is 12.3. The molecule has 1 amide bonds. The zero-order valence-corrected chi connectivity index (χ0v) is 17.8. The van der Waals surface area contributed by atoms with Gasteiger partial charge in [-0.15, -0.1) is 0 Å². The van der Waals surface area contributed by atoms with E-state index in [0.29, 0.717) is 5.01 Å². The molecule has 0 aromatic heterocycles. The molecule has 1 atom stereocenters. The molecular formula is C24H21N5O5. The summed E-state index contributed by atoms with van der Waals surface area (Å²) in [7, 11) is 0. The van der Waals surface area contributed by atoms with Crippen LogP contribution in [0, 0.1) is 0 Å². The molecule has 10 heteroatoms. The van der Waals surface area contributed by atoms with E-state index in [2.05, 4.69) is 10.4 Å². The molecule has 6 N–H and O–H groups in total. The molecule has 3 aromatic carbocycles. The molecular weight excluding hydrogens is 438 g/mol. The van der Waals surface area contributed by atoms with Gasteiger partial charge >= 0.3 is 12.1 Å². The highest BCUT2D eigenvalue weighted by Crippen LogP contribution is 2.41. The quantitative estimate of drug-likeness (QED) is 0.0997. The molecule has 3 aromatic rings. The lowest BCUT2D eigenvalue weighted by molar-refractivity contribution is -0.147. The topological polar surface area (TPSA) is 160 Å². The lowest BCUT2D eigenvalue weighted by atomic mass is 9.79. The van der Waals surface area contributed by atoms with Crippen LogP contribution in [-0.4, -0.2) is 34.5 Å². The monoisotopic (exact) mass is 459 g/mol. The Morgan fingerprint density at radius 2 is 1.68 bits per heavy atom. The number of ether oxygens (including phenoxy) is 1. The molecule has 0 bridgehead atoms. The number of nitrogens with two attached hydrogens (primary N) is 2. The predicted molar refractivity (Wildman–Crippen MR) is 125 cm³/mol. The second-order valence-electron chi connectivity index (χ2n) is 6.88. The maximum Gasteiger partial charge on any atom is 0.431 e. The van der Waals surface area contributed by atoms with Crippen LogP contribution in [0.4, 0.5) is 10.5 Å². The first-order valence-corrected chi connectivity index (χ1v) is 9.90. The minimum Gasteiger partial charge on any atom is -0.479 e. The van der Waals surface area contributed by atoms with Crippen molar-refractivity contribution in [3.8, 4) is 5.75 Å². The summed E-state index contributed by atoms with van der Waals surface area (Å²) in [6, 6.07) is 21.7. The number of para-hydroxylation sites is 1.